The van der Waals surface area contributed by atoms with Gasteiger partial charge < -0.3 is 29.5 Å². The molecule has 10 heteroatoms. The molecule has 2 aromatic carbocycles. The first-order valence-electron chi connectivity index (χ1n) is 16.9. The summed E-state index contributed by atoms with van der Waals surface area (Å²) in [7, 11) is 0. The molecule has 1 atom stereocenters. The Labute approximate surface area is 272 Å². The van der Waals surface area contributed by atoms with Crippen LogP contribution >= 0.6 is 0 Å². The average molecular weight is 629 g/mol. The largest absolute Gasteiger partial charge is 0.493 e. The second-order valence-electron chi connectivity index (χ2n) is 13.3. The molecule has 0 radical (unpaired) electrons. The number of piperazine rings is 1. The third-order valence-electron chi connectivity index (χ3n) is 9.22. The van der Waals surface area contributed by atoms with Gasteiger partial charge in [0.25, 0.3) is 5.91 Å². The minimum absolute atomic E-state index is 0.00238. The zero-order chi connectivity index (χ0) is 32.1. The van der Waals surface area contributed by atoms with Crippen molar-refractivity contribution in [2.45, 2.75) is 71.1 Å². The van der Waals surface area contributed by atoms with Gasteiger partial charge in [-0.05, 0) is 69.7 Å². The number of piperidine rings is 1. The number of amides is 2. The van der Waals surface area contributed by atoms with Crippen molar-refractivity contribution in [1.29, 1.82) is 0 Å². The quantitative estimate of drug-likeness (QED) is 0.295. The maximum absolute atomic E-state index is 14.2. The van der Waals surface area contributed by atoms with Crippen LogP contribution in [0.4, 0.5) is 5.69 Å². The zero-order valence-electron chi connectivity index (χ0n) is 27.5. The first kappa shape index (κ1) is 31.9. The summed E-state index contributed by atoms with van der Waals surface area (Å²) in [5, 5.41) is 10.3. The number of carbonyl (C=O) groups excluding carboxylic acids is 2. The Kier molecular flexibility index (Phi) is 9.82. The number of aromatic nitrogens is 2. The van der Waals surface area contributed by atoms with Gasteiger partial charge >= 0.3 is 0 Å². The Morgan fingerprint density at radius 3 is 2.61 bits per heavy atom. The normalized spacial score (nSPS) is 18.7. The summed E-state index contributed by atoms with van der Waals surface area (Å²) in [5.41, 5.74) is 3.13. The highest BCUT2D eigenvalue weighted by atomic mass is 16.5. The van der Waals surface area contributed by atoms with Crippen molar-refractivity contribution in [1.82, 2.24) is 25.3 Å². The van der Waals surface area contributed by atoms with E-state index in [2.05, 4.69) is 56.5 Å². The summed E-state index contributed by atoms with van der Waals surface area (Å²) in [4.78, 5) is 33.7. The maximum atomic E-state index is 14.2. The van der Waals surface area contributed by atoms with E-state index in [0.717, 1.165) is 79.9 Å². The van der Waals surface area contributed by atoms with Gasteiger partial charge in [0, 0.05) is 80.9 Å². The molecule has 2 saturated heterocycles. The number of carbonyl (C=O) groups is 2. The molecular formula is C36H48N6O4. The first-order chi connectivity index (χ1) is 22.3. The van der Waals surface area contributed by atoms with E-state index in [9.17, 15) is 9.59 Å². The smallest absolute Gasteiger partial charge is 0.266 e. The summed E-state index contributed by atoms with van der Waals surface area (Å²) < 4.78 is 12.5. The Balaban J connectivity index is 1.14. The third-order valence-corrected chi connectivity index (χ3v) is 9.22. The Hall–Kier alpha value is -4.05. The molecule has 10 nitrogen and oxygen atoms in total. The number of benzene rings is 2. The van der Waals surface area contributed by atoms with Gasteiger partial charge in [-0.15, -0.1) is 0 Å². The summed E-state index contributed by atoms with van der Waals surface area (Å²) in [5.74, 6) is 1.64. The van der Waals surface area contributed by atoms with Gasteiger partial charge in [-0.1, -0.05) is 25.1 Å². The van der Waals surface area contributed by atoms with Crippen molar-refractivity contribution >= 4 is 17.5 Å². The number of nitrogens with zero attached hydrogens (tertiary/aromatic N) is 4. The van der Waals surface area contributed by atoms with Crippen LogP contribution in [0.25, 0.3) is 11.1 Å². The van der Waals surface area contributed by atoms with Crippen molar-refractivity contribution in [3.05, 3.63) is 60.4 Å². The predicted octanol–water partition coefficient (Wildman–Crippen LogP) is 4.86. The minimum atomic E-state index is -0.975. The van der Waals surface area contributed by atoms with Gasteiger partial charge in [0.15, 0.2) is 5.60 Å². The lowest BCUT2D eigenvalue weighted by molar-refractivity contribution is -0.146. The van der Waals surface area contributed by atoms with E-state index >= 15 is 0 Å². The molecule has 3 fully saturated rings. The van der Waals surface area contributed by atoms with E-state index < -0.39 is 5.60 Å². The Bertz CT molecular complexity index is 1480. The van der Waals surface area contributed by atoms with E-state index in [4.69, 9.17) is 9.47 Å². The highest BCUT2D eigenvalue weighted by molar-refractivity contribution is 5.85. The summed E-state index contributed by atoms with van der Waals surface area (Å²) in [6, 6.07) is 14.5. The van der Waals surface area contributed by atoms with Crippen molar-refractivity contribution < 1.29 is 19.1 Å². The van der Waals surface area contributed by atoms with Crippen LogP contribution in [-0.4, -0.2) is 89.3 Å². The summed E-state index contributed by atoms with van der Waals surface area (Å²) >= 11 is 0. The number of anilines is 1. The lowest BCUT2D eigenvalue weighted by Gasteiger charge is -2.37. The fourth-order valence-corrected chi connectivity index (χ4v) is 6.55. The molecule has 3 aliphatic rings. The maximum Gasteiger partial charge on any atom is 0.266 e. The van der Waals surface area contributed by atoms with E-state index in [0.29, 0.717) is 38.5 Å². The molecule has 1 saturated carbocycles. The van der Waals surface area contributed by atoms with Crippen LogP contribution in [0.5, 0.6) is 11.5 Å². The molecule has 1 aliphatic carbocycles. The number of H-pyrrole nitrogens is 1. The van der Waals surface area contributed by atoms with Gasteiger partial charge in [0.1, 0.15) is 11.5 Å². The van der Waals surface area contributed by atoms with Crippen molar-refractivity contribution in [3.63, 3.8) is 0 Å². The van der Waals surface area contributed by atoms with Crippen LogP contribution in [0.1, 0.15) is 58.4 Å². The van der Waals surface area contributed by atoms with Gasteiger partial charge in [-0.3, -0.25) is 14.7 Å². The van der Waals surface area contributed by atoms with Crippen molar-refractivity contribution in [2.75, 3.05) is 50.8 Å². The molecule has 2 aliphatic heterocycles. The fourth-order valence-electron chi connectivity index (χ4n) is 6.55. The fraction of sp³-hybridized carbons (Fsp3) is 0.528. The number of nitrogens with one attached hydrogen (secondary N) is 2. The third kappa shape index (κ3) is 7.49. The predicted molar refractivity (Wildman–Crippen MR) is 179 cm³/mol. The molecule has 246 valence electrons. The zero-order valence-corrected chi connectivity index (χ0v) is 27.5. The molecule has 0 bridgehead atoms. The van der Waals surface area contributed by atoms with E-state index in [1.165, 1.54) is 0 Å². The number of aromatic amines is 1. The van der Waals surface area contributed by atoms with Crippen LogP contribution in [0.15, 0.2) is 54.9 Å². The van der Waals surface area contributed by atoms with Crippen LogP contribution in [-0.2, 0) is 16.1 Å². The Morgan fingerprint density at radius 2 is 1.87 bits per heavy atom. The second kappa shape index (κ2) is 14.2. The molecule has 46 heavy (non-hydrogen) atoms. The average Bonchev–Trinajstić information content (AvgIpc) is 3.78. The summed E-state index contributed by atoms with van der Waals surface area (Å²) in [6.45, 7) is 11.5. The Morgan fingerprint density at radius 1 is 1.04 bits per heavy atom. The number of ether oxygens (including phenoxy) is 2. The molecule has 2 N–H and O–H groups in total. The molecule has 6 rings (SSSR count). The topological polar surface area (TPSA) is 103 Å². The van der Waals surface area contributed by atoms with Gasteiger partial charge in [0.2, 0.25) is 5.91 Å². The van der Waals surface area contributed by atoms with E-state index in [1.807, 2.05) is 49.3 Å². The molecule has 0 unspecified atom stereocenters. The number of hydrogen-bond acceptors (Lipinski definition) is 7. The van der Waals surface area contributed by atoms with Gasteiger partial charge in [0.05, 0.1) is 18.7 Å². The van der Waals surface area contributed by atoms with Crippen LogP contribution in [0.3, 0.4) is 0 Å². The highest BCUT2D eigenvalue weighted by Crippen LogP contribution is 2.36. The molecular weight excluding hydrogens is 580 g/mol. The van der Waals surface area contributed by atoms with Crippen LogP contribution < -0.4 is 19.7 Å². The van der Waals surface area contributed by atoms with Gasteiger partial charge in [-0.25, -0.2) is 0 Å². The number of hydrogen-bond donors (Lipinski definition) is 2. The first-order valence-corrected chi connectivity index (χ1v) is 16.9. The van der Waals surface area contributed by atoms with Crippen molar-refractivity contribution in [3.8, 4) is 22.6 Å². The van der Waals surface area contributed by atoms with Gasteiger partial charge in [-0.2, -0.15) is 5.10 Å². The molecule has 0 spiro atoms. The number of rotatable bonds is 12. The lowest BCUT2D eigenvalue weighted by Crippen LogP contribution is -2.54. The van der Waals surface area contributed by atoms with E-state index in [-0.39, 0.29) is 23.8 Å². The SMILES string of the molecule is CCCOc1cc(-c2cn[nH]c2)ccc1CN(C(=O)[C@@H]1CCCN(c2cccc(OC(C)(C)C(=O)N3CCNCC3)c2)C1)C1CC1. The molecule has 2 amide bonds. The van der Waals surface area contributed by atoms with E-state index in [1.54, 1.807) is 0 Å². The van der Waals surface area contributed by atoms with Crippen molar-refractivity contribution in [2.24, 2.45) is 5.92 Å². The highest BCUT2D eigenvalue weighted by Gasteiger charge is 2.38. The second-order valence-corrected chi connectivity index (χ2v) is 13.3. The molecule has 3 heterocycles. The lowest BCUT2D eigenvalue weighted by atomic mass is 9.95. The van der Waals surface area contributed by atoms with Crippen LogP contribution in [0.2, 0.25) is 0 Å². The van der Waals surface area contributed by atoms with Crippen LogP contribution in [0, 0.1) is 5.92 Å². The molecule has 1 aromatic heterocycles. The standard InChI is InChI=1S/C36H48N6O4/c1-4-19-45-33-20-26(29-22-38-39-23-29)10-11-27(33)25-42(30-12-13-30)34(43)28-7-6-16-41(24-28)31-8-5-9-32(21-31)46-36(2,3)35(44)40-17-14-37-15-18-40/h5,8-11,20-23,28,30,37H,4,6-7,12-19,24-25H2,1-3H3,(H,38,39)/t28-/m1/s1. The monoisotopic (exact) mass is 628 g/mol. The summed E-state index contributed by atoms with van der Waals surface area (Å²) in [6.07, 6.45) is 8.50. The molecule has 3 aromatic rings. The minimum Gasteiger partial charge on any atom is -0.493 e.